The number of carbonyl (C=O) groups excluding carboxylic acids is 2. The van der Waals surface area contributed by atoms with E-state index in [0.29, 0.717) is 13.0 Å². The highest BCUT2D eigenvalue weighted by molar-refractivity contribution is 9.10. The van der Waals surface area contributed by atoms with E-state index in [1.165, 1.54) is 0 Å². The van der Waals surface area contributed by atoms with Crippen LogP contribution in [0.25, 0.3) is 10.9 Å². The first-order valence-corrected chi connectivity index (χ1v) is 8.29. The summed E-state index contributed by atoms with van der Waals surface area (Å²) in [4.78, 5) is 29.7. The van der Waals surface area contributed by atoms with Crippen LogP contribution in [0.5, 0.6) is 0 Å². The zero-order chi connectivity index (χ0) is 15.3. The van der Waals surface area contributed by atoms with Gasteiger partial charge in [0.15, 0.2) is 0 Å². The van der Waals surface area contributed by atoms with Gasteiger partial charge >= 0.3 is 0 Å². The number of aromatic nitrogens is 1. The van der Waals surface area contributed by atoms with Crippen molar-refractivity contribution in [3.63, 3.8) is 0 Å². The second kappa shape index (κ2) is 5.12. The van der Waals surface area contributed by atoms with Gasteiger partial charge in [-0.25, -0.2) is 0 Å². The highest BCUT2D eigenvalue weighted by atomic mass is 79.9. The maximum Gasteiger partial charge on any atom is 0.246 e. The maximum absolute atomic E-state index is 12.6. The second-order valence-electron chi connectivity index (χ2n) is 5.96. The highest BCUT2D eigenvalue weighted by Gasteiger charge is 2.42. The minimum atomic E-state index is -0.454. The van der Waals surface area contributed by atoms with Gasteiger partial charge in [0, 0.05) is 34.5 Å². The van der Waals surface area contributed by atoms with Crippen LogP contribution in [0, 0.1) is 0 Å². The van der Waals surface area contributed by atoms with Crippen molar-refractivity contribution in [3.05, 3.63) is 34.4 Å². The molecule has 2 fully saturated rings. The lowest BCUT2D eigenvalue weighted by atomic mass is 10.0. The number of nitrogens with one attached hydrogen (secondary N) is 2. The number of amides is 2. The van der Waals surface area contributed by atoms with Crippen molar-refractivity contribution < 1.29 is 9.59 Å². The van der Waals surface area contributed by atoms with Crippen molar-refractivity contribution >= 4 is 38.6 Å². The fraction of sp³-hybridized carbons (Fsp3) is 0.375. The Morgan fingerprint density at radius 1 is 1.32 bits per heavy atom. The van der Waals surface area contributed by atoms with Gasteiger partial charge < -0.3 is 15.2 Å². The molecule has 4 rings (SSSR count). The third-order valence-electron chi connectivity index (χ3n) is 4.61. The molecule has 2 unspecified atom stereocenters. The predicted molar refractivity (Wildman–Crippen MR) is 86.4 cm³/mol. The molecule has 2 amide bonds. The molecule has 0 spiro atoms. The molecule has 0 bridgehead atoms. The molecule has 2 N–H and O–H groups in total. The zero-order valence-corrected chi connectivity index (χ0v) is 13.5. The second-order valence-corrected chi connectivity index (χ2v) is 6.87. The highest BCUT2D eigenvalue weighted by Crippen LogP contribution is 2.26. The van der Waals surface area contributed by atoms with Gasteiger partial charge in [-0.1, -0.05) is 22.0 Å². The Kier molecular flexibility index (Phi) is 3.22. The number of aromatic amines is 1. The van der Waals surface area contributed by atoms with Gasteiger partial charge in [0.1, 0.15) is 12.1 Å². The molecule has 1 aromatic carbocycles. The van der Waals surface area contributed by atoms with Crippen LogP contribution in [-0.4, -0.2) is 40.3 Å². The van der Waals surface area contributed by atoms with E-state index in [1.54, 1.807) is 4.90 Å². The van der Waals surface area contributed by atoms with E-state index in [-0.39, 0.29) is 17.9 Å². The van der Waals surface area contributed by atoms with Crippen molar-refractivity contribution in [2.24, 2.45) is 0 Å². The Hall–Kier alpha value is -1.82. The molecule has 1 aromatic heterocycles. The van der Waals surface area contributed by atoms with Crippen molar-refractivity contribution in [3.8, 4) is 0 Å². The molecule has 2 aliphatic rings. The summed E-state index contributed by atoms with van der Waals surface area (Å²) in [6.07, 6.45) is 4.14. The molecule has 2 saturated heterocycles. The Bertz CT molecular complexity index is 770. The number of H-pyrrole nitrogens is 1. The fourth-order valence-electron chi connectivity index (χ4n) is 3.52. The SMILES string of the molecule is O=C1NC(Cc2c[nH]c3cc(Br)ccc23)C(=O)N2CCCC12. The Morgan fingerprint density at radius 2 is 2.18 bits per heavy atom. The molecule has 5 nitrogen and oxygen atoms in total. The summed E-state index contributed by atoms with van der Waals surface area (Å²) < 4.78 is 1.01. The number of hydrogen-bond acceptors (Lipinski definition) is 2. The van der Waals surface area contributed by atoms with Gasteiger partial charge in [0.05, 0.1) is 0 Å². The van der Waals surface area contributed by atoms with Crippen LogP contribution in [-0.2, 0) is 16.0 Å². The first kappa shape index (κ1) is 13.8. The van der Waals surface area contributed by atoms with Crippen molar-refractivity contribution in [2.75, 3.05) is 6.54 Å². The number of hydrogen-bond donors (Lipinski definition) is 2. The summed E-state index contributed by atoms with van der Waals surface area (Å²) in [6.45, 7) is 0.703. The number of rotatable bonds is 2. The van der Waals surface area contributed by atoms with Gasteiger partial charge in [0.25, 0.3) is 0 Å². The van der Waals surface area contributed by atoms with Gasteiger partial charge in [-0.2, -0.15) is 0 Å². The molecular formula is C16H16BrN3O2. The van der Waals surface area contributed by atoms with E-state index in [2.05, 4.69) is 26.2 Å². The summed E-state index contributed by atoms with van der Waals surface area (Å²) in [5.41, 5.74) is 2.08. The summed E-state index contributed by atoms with van der Waals surface area (Å²) in [7, 11) is 0. The third-order valence-corrected chi connectivity index (χ3v) is 5.10. The quantitative estimate of drug-likeness (QED) is 0.858. The predicted octanol–water partition coefficient (Wildman–Crippen LogP) is 1.96. The standard InChI is InChI=1S/C16H16BrN3O2/c17-10-3-4-11-9(8-18-12(11)7-10)6-13-16(22)20-5-1-2-14(20)15(21)19-13/h3-4,7-8,13-14,18H,1-2,5-6H2,(H,19,21). The first-order valence-electron chi connectivity index (χ1n) is 7.50. The van der Waals surface area contributed by atoms with Crippen LogP contribution in [0.3, 0.4) is 0 Å². The Labute approximate surface area is 136 Å². The summed E-state index contributed by atoms with van der Waals surface area (Å²) in [5.74, 6) is 0.0400. The minimum Gasteiger partial charge on any atom is -0.361 e. The number of carbonyl (C=O) groups is 2. The average Bonchev–Trinajstić information content (AvgIpc) is 3.12. The van der Waals surface area contributed by atoms with Gasteiger partial charge in [-0.05, 0) is 30.5 Å². The molecule has 2 atom stereocenters. The number of fused-ring (bicyclic) bond motifs is 2. The topological polar surface area (TPSA) is 65.2 Å². The van der Waals surface area contributed by atoms with Gasteiger partial charge in [0.2, 0.25) is 11.8 Å². The van der Waals surface area contributed by atoms with E-state index in [4.69, 9.17) is 0 Å². The smallest absolute Gasteiger partial charge is 0.246 e. The zero-order valence-electron chi connectivity index (χ0n) is 11.9. The van der Waals surface area contributed by atoms with Crippen LogP contribution in [0.15, 0.2) is 28.9 Å². The lowest BCUT2D eigenvalue weighted by Gasteiger charge is -2.34. The van der Waals surface area contributed by atoms with Gasteiger partial charge in [-0.15, -0.1) is 0 Å². The normalized spacial score (nSPS) is 24.7. The molecule has 0 aliphatic carbocycles. The summed E-state index contributed by atoms with van der Waals surface area (Å²) in [6, 6.07) is 5.32. The molecule has 6 heteroatoms. The number of nitrogens with zero attached hydrogens (tertiary/aromatic N) is 1. The minimum absolute atomic E-state index is 0.00955. The van der Waals surface area contributed by atoms with E-state index >= 15 is 0 Å². The summed E-state index contributed by atoms with van der Waals surface area (Å²) >= 11 is 3.45. The van der Waals surface area contributed by atoms with Crippen LogP contribution in [0.1, 0.15) is 18.4 Å². The molecule has 0 radical (unpaired) electrons. The Morgan fingerprint density at radius 3 is 3.05 bits per heavy atom. The molecule has 2 aromatic rings. The molecule has 22 heavy (non-hydrogen) atoms. The lowest BCUT2D eigenvalue weighted by Crippen LogP contribution is -2.61. The molecule has 3 heterocycles. The van der Waals surface area contributed by atoms with Crippen LogP contribution >= 0.6 is 15.9 Å². The fourth-order valence-corrected chi connectivity index (χ4v) is 3.88. The molecule has 2 aliphatic heterocycles. The van der Waals surface area contributed by atoms with E-state index in [9.17, 15) is 9.59 Å². The first-order chi connectivity index (χ1) is 10.6. The van der Waals surface area contributed by atoms with Gasteiger partial charge in [-0.3, -0.25) is 9.59 Å². The van der Waals surface area contributed by atoms with E-state index in [0.717, 1.165) is 33.8 Å². The summed E-state index contributed by atoms with van der Waals surface area (Å²) in [5, 5.41) is 3.99. The lowest BCUT2D eigenvalue weighted by molar-refractivity contribution is -0.146. The van der Waals surface area contributed by atoms with E-state index in [1.807, 2.05) is 24.4 Å². The average molecular weight is 362 g/mol. The molecule has 0 saturated carbocycles. The monoisotopic (exact) mass is 361 g/mol. The van der Waals surface area contributed by atoms with Crippen LogP contribution in [0.4, 0.5) is 0 Å². The van der Waals surface area contributed by atoms with Crippen molar-refractivity contribution in [2.45, 2.75) is 31.3 Å². The van der Waals surface area contributed by atoms with Crippen molar-refractivity contribution in [1.29, 1.82) is 0 Å². The van der Waals surface area contributed by atoms with Crippen LogP contribution in [0.2, 0.25) is 0 Å². The number of benzene rings is 1. The van der Waals surface area contributed by atoms with E-state index < -0.39 is 6.04 Å². The largest absolute Gasteiger partial charge is 0.361 e. The maximum atomic E-state index is 12.6. The number of piperazine rings is 1. The van der Waals surface area contributed by atoms with Crippen LogP contribution < -0.4 is 5.32 Å². The Balaban J connectivity index is 1.62. The molecular weight excluding hydrogens is 346 g/mol. The number of halogens is 1. The molecule has 114 valence electrons. The third kappa shape index (κ3) is 2.13. The van der Waals surface area contributed by atoms with Crippen molar-refractivity contribution in [1.82, 2.24) is 15.2 Å².